The first-order chi connectivity index (χ1) is 5.74. The van der Waals surface area contributed by atoms with Gasteiger partial charge in [-0.3, -0.25) is 0 Å². The van der Waals surface area contributed by atoms with E-state index in [9.17, 15) is 0 Å². The molecule has 0 bridgehead atoms. The van der Waals surface area contributed by atoms with E-state index in [0.717, 1.165) is 25.9 Å². The Morgan fingerprint density at radius 1 is 1.67 bits per heavy atom. The van der Waals surface area contributed by atoms with Crippen LogP contribution in [0.5, 0.6) is 0 Å². The van der Waals surface area contributed by atoms with Crippen LogP contribution in [0.2, 0.25) is 0 Å². The summed E-state index contributed by atoms with van der Waals surface area (Å²) < 4.78 is 10.5. The summed E-state index contributed by atoms with van der Waals surface area (Å²) in [5, 5.41) is 9.09. The van der Waals surface area contributed by atoms with Gasteiger partial charge in [-0.2, -0.15) is 0 Å². The van der Waals surface area contributed by atoms with Gasteiger partial charge >= 0.3 is 0 Å². The minimum atomic E-state index is -0.205. The summed E-state index contributed by atoms with van der Waals surface area (Å²) in [6.07, 6.45) is 2.65. The van der Waals surface area contributed by atoms with Gasteiger partial charge in [-0.1, -0.05) is 0 Å². The maximum atomic E-state index is 9.09. The Labute approximate surface area is 73.7 Å². The number of hydrogen-bond acceptors (Lipinski definition) is 3. The average molecular weight is 174 g/mol. The summed E-state index contributed by atoms with van der Waals surface area (Å²) >= 11 is 0. The van der Waals surface area contributed by atoms with Gasteiger partial charge in [-0.25, -0.2) is 0 Å². The van der Waals surface area contributed by atoms with Crippen LogP contribution in [0.4, 0.5) is 0 Å². The second kappa shape index (κ2) is 4.80. The third-order valence-corrected chi connectivity index (χ3v) is 2.34. The van der Waals surface area contributed by atoms with Gasteiger partial charge < -0.3 is 14.6 Å². The summed E-state index contributed by atoms with van der Waals surface area (Å²) in [6, 6.07) is 0. The SMILES string of the molecule is COC1OCCC1CCC(C)O. The molecule has 0 spiro atoms. The van der Waals surface area contributed by atoms with Crippen LogP contribution in [-0.2, 0) is 9.47 Å². The van der Waals surface area contributed by atoms with E-state index in [4.69, 9.17) is 14.6 Å². The van der Waals surface area contributed by atoms with Gasteiger partial charge in [-0.15, -0.1) is 0 Å². The molecule has 0 saturated carbocycles. The highest BCUT2D eigenvalue weighted by molar-refractivity contribution is 4.70. The van der Waals surface area contributed by atoms with Crippen LogP contribution < -0.4 is 0 Å². The zero-order valence-electron chi connectivity index (χ0n) is 7.82. The predicted molar refractivity (Wildman–Crippen MR) is 45.8 cm³/mol. The van der Waals surface area contributed by atoms with Crippen molar-refractivity contribution in [1.29, 1.82) is 0 Å². The molecule has 3 heteroatoms. The van der Waals surface area contributed by atoms with Crippen molar-refractivity contribution < 1.29 is 14.6 Å². The van der Waals surface area contributed by atoms with E-state index in [-0.39, 0.29) is 12.4 Å². The summed E-state index contributed by atoms with van der Waals surface area (Å²) in [5.41, 5.74) is 0. The zero-order valence-corrected chi connectivity index (χ0v) is 7.82. The molecule has 1 N–H and O–H groups in total. The highest BCUT2D eigenvalue weighted by atomic mass is 16.7. The van der Waals surface area contributed by atoms with Gasteiger partial charge in [0.1, 0.15) is 0 Å². The van der Waals surface area contributed by atoms with E-state index in [2.05, 4.69) is 0 Å². The number of aliphatic hydroxyl groups excluding tert-OH is 1. The Kier molecular flexibility index (Phi) is 3.98. The van der Waals surface area contributed by atoms with E-state index in [1.54, 1.807) is 7.11 Å². The molecular formula is C9H18O3. The maximum Gasteiger partial charge on any atom is 0.160 e. The van der Waals surface area contributed by atoms with Crippen molar-refractivity contribution in [2.45, 2.75) is 38.6 Å². The fourth-order valence-electron chi connectivity index (χ4n) is 1.60. The third-order valence-electron chi connectivity index (χ3n) is 2.34. The number of methoxy groups -OCH3 is 1. The predicted octanol–water partition coefficient (Wildman–Crippen LogP) is 1.16. The van der Waals surface area contributed by atoms with E-state index in [1.807, 2.05) is 6.92 Å². The average Bonchev–Trinajstić information content (AvgIpc) is 2.47. The summed E-state index contributed by atoms with van der Waals surface area (Å²) in [6.45, 7) is 2.61. The Hall–Kier alpha value is -0.120. The molecule has 12 heavy (non-hydrogen) atoms. The molecule has 0 aliphatic carbocycles. The van der Waals surface area contributed by atoms with Crippen LogP contribution in [0.3, 0.4) is 0 Å². The third kappa shape index (κ3) is 2.73. The molecule has 1 aliphatic heterocycles. The largest absolute Gasteiger partial charge is 0.393 e. The Balaban J connectivity index is 2.21. The maximum absolute atomic E-state index is 9.09. The molecule has 0 amide bonds. The minimum Gasteiger partial charge on any atom is -0.393 e. The Morgan fingerprint density at radius 2 is 2.42 bits per heavy atom. The van der Waals surface area contributed by atoms with Gasteiger partial charge in [0.2, 0.25) is 0 Å². The van der Waals surface area contributed by atoms with Crippen molar-refractivity contribution in [3.63, 3.8) is 0 Å². The lowest BCUT2D eigenvalue weighted by molar-refractivity contribution is -0.112. The Bertz CT molecular complexity index is 125. The van der Waals surface area contributed by atoms with Crippen LogP contribution >= 0.6 is 0 Å². The molecular weight excluding hydrogens is 156 g/mol. The van der Waals surface area contributed by atoms with Crippen LogP contribution in [0, 0.1) is 5.92 Å². The minimum absolute atomic E-state index is 0.0382. The molecule has 0 aromatic carbocycles. The molecule has 1 fully saturated rings. The van der Waals surface area contributed by atoms with Gasteiger partial charge in [0.25, 0.3) is 0 Å². The fourth-order valence-corrected chi connectivity index (χ4v) is 1.60. The van der Waals surface area contributed by atoms with Gasteiger partial charge in [0.05, 0.1) is 12.7 Å². The van der Waals surface area contributed by atoms with E-state index in [0.29, 0.717) is 5.92 Å². The molecule has 72 valence electrons. The smallest absolute Gasteiger partial charge is 0.160 e. The monoisotopic (exact) mass is 174 g/mol. The Morgan fingerprint density at radius 3 is 3.00 bits per heavy atom. The molecule has 0 radical (unpaired) electrons. The lowest BCUT2D eigenvalue weighted by Gasteiger charge is -2.16. The standard InChI is InChI=1S/C9H18O3/c1-7(10)3-4-8-5-6-12-9(8)11-2/h7-10H,3-6H2,1-2H3. The van der Waals surface area contributed by atoms with E-state index in [1.165, 1.54) is 0 Å². The van der Waals surface area contributed by atoms with Crippen molar-refractivity contribution in [2.24, 2.45) is 5.92 Å². The molecule has 3 atom stereocenters. The first-order valence-corrected chi connectivity index (χ1v) is 4.56. The molecule has 1 rings (SSSR count). The lowest BCUT2D eigenvalue weighted by Crippen LogP contribution is -2.19. The first kappa shape index (κ1) is 9.96. The molecule has 3 nitrogen and oxygen atoms in total. The van der Waals surface area contributed by atoms with Gasteiger partial charge in [0, 0.05) is 13.0 Å². The lowest BCUT2D eigenvalue weighted by atomic mass is 9.99. The topological polar surface area (TPSA) is 38.7 Å². The fraction of sp³-hybridized carbons (Fsp3) is 1.00. The van der Waals surface area contributed by atoms with Gasteiger partial charge in [-0.05, 0) is 26.2 Å². The van der Waals surface area contributed by atoms with E-state index < -0.39 is 0 Å². The van der Waals surface area contributed by atoms with Crippen molar-refractivity contribution in [3.05, 3.63) is 0 Å². The number of hydrogen-bond donors (Lipinski definition) is 1. The zero-order chi connectivity index (χ0) is 8.97. The molecule has 3 unspecified atom stereocenters. The molecule has 0 aromatic rings. The molecule has 1 heterocycles. The highest BCUT2D eigenvalue weighted by Gasteiger charge is 2.27. The normalized spacial score (nSPS) is 32.2. The van der Waals surface area contributed by atoms with Crippen molar-refractivity contribution in [1.82, 2.24) is 0 Å². The summed E-state index contributed by atoms with van der Waals surface area (Å²) in [7, 11) is 1.67. The molecule has 1 aliphatic rings. The quantitative estimate of drug-likeness (QED) is 0.695. The van der Waals surface area contributed by atoms with Crippen LogP contribution in [0.15, 0.2) is 0 Å². The number of rotatable bonds is 4. The van der Waals surface area contributed by atoms with Gasteiger partial charge in [0.15, 0.2) is 6.29 Å². The van der Waals surface area contributed by atoms with Crippen molar-refractivity contribution >= 4 is 0 Å². The van der Waals surface area contributed by atoms with Crippen molar-refractivity contribution in [3.8, 4) is 0 Å². The van der Waals surface area contributed by atoms with Crippen LogP contribution in [0.1, 0.15) is 26.2 Å². The van der Waals surface area contributed by atoms with Crippen molar-refractivity contribution in [2.75, 3.05) is 13.7 Å². The summed E-state index contributed by atoms with van der Waals surface area (Å²) in [5.74, 6) is 0.476. The number of aliphatic hydroxyl groups is 1. The molecule has 1 saturated heterocycles. The second-order valence-corrected chi connectivity index (χ2v) is 3.45. The molecule has 0 aromatic heterocycles. The first-order valence-electron chi connectivity index (χ1n) is 4.56. The second-order valence-electron chi connectivity index (χ2n) is 3.45. The van der Waals surface area contributed by atoms with Crippen LogP contribution in [0.25, 0.3) is 0 Å². The summed E-state index contributed by atoms with van der Waals surface area (Å²) in [4.78, 5) is 0. The highest BCUT2D eigenvalue weighted by Crippen LogP contribution is 2.26. The van der Waals surface area contributed by atoms with E-state index >= 15 is 0 Å². The number of ether oxygens (including phenoxy) is 2. The van der Waals surface area contributed by atoms with Crippen LogP contribution in [-0.4, -0.2) is 31.2 Å².